The molecule has 1 aromatic rings. The number of nitrogens with zero attached hydrogens (tertiary/aromatic N) is 2. The molecule has 1 aromatic heterocycles. The highest BCUT2D eigenvalue weighted by Crippen LogP contribution is 2.28. The van der Waals surface area contributed by atoms with Crippen molar-refractivity contribution < 1.29 is 17.9 Å². The van der Waals surface area contributed by atoms with E-state index in [1.165, 1.54) is 12.1 Å². The average molecular weight is 275 g/mol. The van der Waals surface area contributed by atoms with E-state index in [1.807, 2.05) is 0 Å². The third kappa shape index (κ3) is 4.36. The zero-order valence-electron chi connectivity index (χ0n) is 10.4. The van der Waals surface area contributed by atoms with E-state index in [0.717, 1.165) is 32.2 Å². The van der Waals surface area contributed by atoms with E-state index in [-0.39, 0.29) is 5.88 Å². The van der Waals surface area contributed by atoms with Crippen LogP contribution in [0.5, 0.6) is 5.88 Å². The normalized spacial score (nSPS) is 17.4. The summed E-state index contributed by atoms with van der Waals surface area (Å²) in [6.07, 6.45) is -4.43. The fourth-order valence-electron chi connectivity index (χ4n) is 1.87. The molecule has 0 amide bonds. The van der Waals surface area contributed by atoms with Crippen LogP contribution in [-0.4, -0.2) is 49.2 Å². The van der Waals surface area contributed by atoms with Crippen molar-refractivity contribution in [1.29, 1.82) is 0 Å². The molecule has 106 valence electrons. The van der Waals surface area contributed by atoms with Crippen LogP contribution in [0.3, 0.4) is 0 Å². The largest absolute Gasteiger partial charge is 0.476 e. The van der Waals surface area contributed by atoms with Crippen LogP contribution in [0.4, 0.5) is 13.2 Å². The van der Waals surface area contributed by atoms with Crippen molar-refractivity contribution >= 4 is 0 Å². The van der Waals surface area contributed by atoms with E-state index in [9.17, 15) is 13.2 Å². The molecule has 2 rings (SSSR count). The lowest BCUT2D eigenvalue weighted by molar-refractivity contribution is -0.141. The van der Waals surface area contributed by atoms with Crippen LogP contribution in [0.25, 0.3) is 0 Å². The second-order valence-corrected chi connectivity index (χ2v) is 4.30. The Morgan fingerprint density at radius 1 is 1.26 bits per heavy atom. The van der Waals surface area contributed by atoms with Crippen molar-refractivity contribution in [3.8, 4) is 5.88 Å². The molecule has 0 radical (unpaired) electrons. The fourth-order valence-corrected chi connectivity index (χ4v) is 1.87. The van der Waals surface area contributed by atoms with Gasteiger partial charge in [0, 0.05) is 38.8 Å². The molecule has 0 aromatic carbocycles. The van der Waals surface area contributed by atoms with Gasteiger partial charge in [0.15, 0.2) is 0 Å². The minimum absolute atomic E-state index is 0.0185. The average Bonchev–Trinajstić information content (AvgIpc) is 2.39. The third-order valence-corrected chi connectivity index (χ3v) is 2.88. The highest BCUT2D eigenvalue weighted by Gasteiger charge is 2.32. The predicted molar refractivity (Wildman–Crippen MR) is 64.0 cm³/mol. The Labute approximate surface area is 109 Å². The molecular weight excluding hydrogens is 259 g/mol. The summed E-state index contributed by atoms with van der Waals surface area (Å²) in [7, 11) is 0. The number of piperazine rings is 1. The van der Waals surface area contributed by atoms with Gasteiger partial charge in [-0.1, -0.05) is 6.07 Å². The highest BCUT2D eigenvalue weighted by atomic mass is 19.4. The molecule has 0 spiro atoms. The van der Waals surface area contributed by atoms with E-state index in [0.29, 0.717) is 13.2 Å². The van der Waals surface area contributed by atoms with E-state index < -0.39 is 11.9 Å². The number of halogens is 3. The van der Waals surface area contributed by atoms with Gasteiger partial charge in [-0.25, -0.2) is 4.98 Å². The molecule has 1 saturated heterocycles. The van der Waals surface area contributed by atoms with Crippen molar-refractivity contribution in [1.82, 2.24) is 15.2 Å². The van der Waals surface area contributed by atoms with Gasteiger partial charge in [-0.05, 0) is 6.07 Å². The molecule has 1 aliphatic heterocycles. The maximum atomic E-state index is 12.4. The summed E-state index contributed by atoms with van der Waals surface area (Å²) >= 11 is 0. The van der Waals surface area contributed by atoms with Crippen LogP contribution in [0, 0.1) is 0 Å². The van der Waals surface area contributed by atoms with Crippen molar-refractivity contribution in [2.45, 2.75) is 6.18 Å². The minimum atomic E-state index is -4.43. The van der Waals surface area contributed by atoms with Gasteiger partial charge in [-0.15, -0.1) is 0 Å². The summed E-state index contributed by atoms with van der Waals surface area (Å²) in [5, 5.41) is 3.23. The first-order chi connectivity index (χ1) is 9.05. The Morgan fingerprint density at radius 3 is 2.68 bits per heavy atom. The van der Waals surface area contributed by atoms with Gasteiger partial charge >= 0.3 is 6.18 Å². The number of ether oxygens (including phenoxy) is 1. The summed E-state index contributed by atoms with van der Waals surface area (Å²) in [4.78, 5) is 5.65. The molecular formula is C12H16F3N3O. The molecule has 1 N–H and O–H groups in total. The number of aromatic nitrogens is 1. The topological polar surface area (TPSA) is 37.4 Å². The number of rotatable bonds is 4. The van der Waals surface area contributed by atoms with E-state index in [4.69, 9.17) is 4.74 Å². The molecule has 7 heteroatoms. The Kier molecular flexibility index (Phi) is 4.60. The van der Waals surface area contributed by atoms with Crippen molar-refractivity contribution in [2.24, 2.45) is 0 Å². The van der Waals surface area contributed by atoms with Gasteiger partial charge in [0.25, 0.3) is 0 Å². The SMILES string of the molecule is FC(F)(F)c1cccc(OCCN2CCNCC2)n1. The standard InChI is InChI=1S/C12H16F3N3O/c13-12(14,15)10-2-1-3-11(17-10)19-9-8-18-6-4-16-5-7-18/h1-3,16H,4-9H2. The van der Waals surface area contributed by atoms with Gasteiger partial charge in [-0.2, -0.15) is 13.2 Å². The Hall–Kier alpha value is -1.34. The van der Waals surface area contributed by atoms with Crippen LogP contribution in [0.1, 0.15) is 5.69 Å². The van der Waals surface area contributed by atoms with Crippen LogP contribution in [-0.2, 0) is 6.18 Å². The van der Waals surface area contributed by atoms with Crippen molar-refractivity contribution in [3.05, 3.63) is 23.9 Å². The molecule has 0 saturated carbocycles. The molecule has 1 fully saturated rings. The third-order valence-electron chi connectivity index (χ3n) is 2.88. The second-order valence-electron chi connectivity index (χ2n) is 4.30. The molecule has 0 bridgehead atoms. The van der Waals surface area contributed by atoms with Gasteiger partial charge in [-0.3, -0.25) is 4.90 Å². The first kappa shape index (κ1) is 14.1. The summed E-state index contributed by atoms with van der Waals surface area (Å²) in [5.41, 5.74) is -0.924. The smallest absolute Gasteiger partial charge is 0.433 e. The molecule has 0 unspecified atom stereocenters. The van der Waals surface area contributed by atoms with Crippen LogP contribution >= 0.6 is 0 Å². The summed E-state index contributed by atoms with van der Waals surface area (Å²) in [6, 6.07) is 3.67. The van der Waals surface area contributed by atoms with Gasteiger partial charge in [0.2, 0.25) is 5.88 Å². The molecule has 4 nitrogen and oxygen atoms in total. The van der Waals surface area contributed by atoms with Crippen LogP contribution in [0.2, 0.25) is 0 Å². The number of nitrogens with one attached hydrogen (secondary N) is 1. The van der Waals surface area contributed by atoms with Crippen LogP contribution in [0.15, 0.2) is 18.2 Å². The van der Waals surface area contributed by atoms with E-state index in [2.05, 4.69) is 15.2 Å². The summed E-state index contributed by atoms with van der Waals surface area (Å²) in [6.45, 7) is 4.76. The van der Waals surface area contributed by atoms with Gasteiger partial charge in [0.1, 0.15) is 12.3 Å². The van der Waals surface area contributed by atoms with Gasteiger partial charge in [0.05, 0.1) is 0 Å². The van der Waals surface area contributed by atoms with E-state index >= 15 is 0 Å². The maximum absolute atomic E-state index is 12.4. The quantitative estimate of drug-likeness (QED) is 0.901. The fraction of sp³-hybridized carbons (Fsp3) is 0.583. The maximum Gasteiger partial charge on any atom is 0.433 e. The first-order valence-electron chi connectivity index (χ1n) is 6.16. The van der Waals surface area contributed by atoms with Gasteiger partial charge < -0.3 is 10.1 Å². The van der Waals surface area contributed by atoms with Crippen LogP contribution < -0.4 is 10.1 Å². The number of pyridine rings is 1. The zero-order chi connectivity index (χ0) is 13.7. The molecule has 0 atom stereocenters. The Bertz CT molecular complexity index is 405. The lowest BCUT2D eigenvalue weighted by Crippen LogP contribution is -2.44. The van der Waals surface area contributed by atoms with Crippen molar-refractivity contribution in [2.75, 3.05) is 39.3 Å². The summed E-state index contributed by atoms with van der Waals surface area (Å²) < 4.78 is 42.6. The number of hydrogen-bond acceptors (Lipinski definition) is 4. The summed E-state index contributed by atoms with van der Waals surface area (Å²) in [5.74, 6) is 0.0185. The molecule has 1 aliphatic rings. The monoisotopic (exact) mass is 275 g/mol. The number of hydrogen-bond donors (Lipinski definition) is 1. The van der Waals surface area contributed by atoms with Crippen molar-refractivity contribution in [3.63, 3.8) is 0 Å². The lowest BCUT2D eigenvalue weighted by atomic mass is 10.3. The number of alkyl halides is 3. The predicted octanol–water partition coefficient (Wildman–Crippen LogP) is 1.38. The second kappa shape index (κ2) is 6.21. The first-order valence-corrected chi connectivity index (χ1v) is 6.16. The Balaban J connectivity index is 1.82. The van der Waals surface area contributed by atoms with E-state index in [1.54, 1.807) is 0 Å². The zero-order valence-corrected chi connectivity index (χ0v) is 10.4. The lowest BCUT2D eigenvalue weighted by Gasteiger charge is -2.26. The molecule has 0 aliphatic carbocycles. The highest BCUT2D eigenvalue weighted by molar-refractivity contribution is 5.17. The molecule has 19 heavy (non-hydrogen) atoms. The Morgan fingerprint density at radius 2 is 2.00 bits per heavy atom. The molecule has 2 heterocycles. The minimum Gasteiger partial charge on any atom is -0.476 e.